The summed E-state index contributed by atoms with van der Waals surface area (Å²) in [5, 5.41) is 0. The zero-order valence-corrected chi connectivity index (χ0v) is 17.6. The Balaban J connectivity index is 2.03. The molecule has 1 aliphatic rings. The Morgan fingerprint density at radius 3 is 2.44 bits per heavy atom. The summed E-state index contributed by atoms with van der Waals surface area (Å²) in [4.78, 5) is 13.9. The summed E-state index contributed by atoms with van der Waals surface area (Å²) in [6.45, 7) is 6.37. The minimum Gasteiger partial charge on any atom is -0.497 e. The predicted molar refractivity (Wildman–Crippen MR) is 104 cm³/mol. The van der Waals surface area contributed by atoms with Crippen molar-refractivity contribution in [2.45, 2.75) is 51.0 Å². The molecule has 0 bridgehead atoms. The number of nitrogens with zero attached hydrogens (tertiary/aromatic N) is 2. The zero-order valence-electron chi connectivity index (χ0n) is 16.8. The largest absolute Gasteiger partial charge is 0.497 e. The summed E-state index contributed by atoms with van der Waals surface area (Å²) < 4.78 is 37.6. The average molecular weight is 399 g/mol. The lowest BCUT2D eigenvalue weighted by Gasteiger charge is -2.37. The number of carbonyl (C=O) groups excluding carboxylic acids is 1. The van der Waals surface area contributed by atoms with Gasteiger partial charge >= 0.3 is 6.09 Å². The number of rotatable bonds is 5. The first-order valence-corrected chi connectivity index (χ1v) is 10.7. The molecule has 1 heterocycles. The number of hydrogen-bond donors (Lipinski definition) is 0. The van der Waals surface area contributed by atoms with Crippen molar-refractivity contribution in [1.82, 2.24) is 9.21 Å². The second-order valence-corrected chi connectivity index (χ2v) is 9.87. The predicted octanol–water partition coefficient (Wildman–Crippen LogP) is 2.86. The Morgan fingerprint density at radius 1 is 1.26 bits per heavy atom. The van der Waals surface area contributed by atoms with Gasteiger partial charge < -0.3 is 14.4 Å². The van der Waals surface area contributed by atoms with E-state index in [-0.39, 0.29) is 11.8 Å². The summed E-state index contributed by atoms with van der Waals surface area (Å²) in [7, 11) is -0.349. The van der Waals surface area contributed by atoms with Crippen molar-refractivity contribution in [1.29, 1.82) is 0 Å². The molecule has 1 atom stereocenters. The lowest BCUT2D eigenvalue weighted by atomic mass is 10.1. The van der Waals surface area contributed by atoms with Gasteiger partial charge in [-0.3, -0.25) is 0 Å². The lowest BCUT2D eigenvalue weighted by Crippen LogP contribution is -2.51. The highest BCUT2D eigenvalue weighted by molar-refractivity contribution is 7.88. The fourth-order valence-corrected chi connectivity index (χ4v) is 4.45. The van der Waals surface area contributed by atoms with Gasteiger partial charge in [-0.25, -0.2) is 13.2 Å². The second-order valence-electron chi connectivity index (χ2n) is 7.84. The minimum atomic E-state index is -3.50. The van der Waals surface area contributed by atoms with Crippen LogP contribution in [-0.4, -0.2) is 62.6 Å². The van der Waals surface area contributed by atoms with Crippen LogP contribution in [0.2, 0.25) is 0 Å². The summed E-state index contributed by atoms with van der Waals surface area (Å²) in [5.74, 6) is 0.598. The van der Waals surface area contributed by atoms with Crippen molar-refractivity contribution in [2.24, 2.45) is 0 Å². The topological polar surface area (TPSA) is 76.2 Å². The SMILES string of the molecule is COc1ccc(CS(=O)(=O)N(C)[C@@H]2CCCN(C(=O)OC(C)(C)C)C2)cc1. The van der Waals surface area contributed by atoms with E-state index < -0.39 is 21.7 Å². The Morgan fingerprint density at radius 2 is 1.89 bits per heavy atom. The smallest absolute Gasteiger partial charge is 0.410 e. The van der Waals surface area contributed by atoms with E-state index in [1.807, 2.05) is 20.8 Å². The number of ether oxygens (including phenoxy) is 2. The molecule has 0 spiro atoms. The molecule has 152 valence electrons. The highest BCUT2D eigenvalue weighted by Gasteiger charge is 2.33. The molecule has 0 unspecified atom stereocenters. The van der Waals surface area contributed by atoms with Crippen LogP contribution >= 0.6 is 0 Å². The minimum absolute atomic E-state index is 0.0869. The van der Waals surface area contributed by atoms with Gasteiger partial charge in [0, 0.05) is 26.2 Å². The van der Waals surface area contributed by atoms with Crippen molar-refractivity contribution in [2.75, 3.05) is 27.2 Å². The van der Waals surface area contributed by atoms with Gasteiger partial charge in [0.1, 0.15) is 11.4 Å². The van der Waals surface area contributed by atoms with Crippen LogP contribution in [0, 0.1) is 0 Å². The quantitative estimate of drug-likeness (QED) is 0.762. The molecule has 1 aromatic rings. The Bertz CT molecular complexity index is 740. The summed E-state index contributed by atoms with van der Waals surface area (Å²) in [6, 6.07) is 6.73. The number of amides is 1. The van der Waals surface area contributed by atoms with Crippen molar-refractivity contribution < 1.29 is 22.7 Å². The van der Waals surface area contributed by atoms with Crippen LogP contribution in [0.3, 0.4) is 0 Å². The number of sulfonamides is 1. The van der Waals surface area contributed by atoms with Crippen LogP contribution in [0.1, 0.15) is 39.2 Å². The molecule has 0 aliphatic carbocycles. The molecule has 0 radical (unpaired) electrons. The van der Waals surface area contributed by atoms with Crippen LogP contribution in [0.15, 0.2) is 24.3 Å². The first-order valence-electron chi connectivity index (χ1n) is 9.08. The third kappa shape index (κ3) is 6.10. The maximum absolute atomic E-state index is 12.8. The van der Waals surface area contributed by atoms with Crippen LogP contribution in [0.25, 0.3) is 0 Å². The lowest BCUT2D eigenvalue weighted by molar-refractivity contribution is 0.0163. The van der Waals surface area contributed by atoms with Crippen LogP contribution in [-0.2, 0) is 20.5 Å². The van der Waals surface area contributed by atoms with Crippen molar-refractivity contribution in [3.05, 3.63) is 29.8 Å². The highest BCUT2D eigenvalue weighted by atomic mass is 32.2. The van der Waals surface area contributed by atoms with E-state index >= 15 is 0 Å². The highest BCUT2D eigenvalue weighted by Crippen LogP contribution is 2.22. The molecule has 0 saturated carbocycles. The fraction of sp³-hybridized carbons (Fsp3) is 0.632. The van der Waals surface area contributed by atoms with Crippen LogP contribution in [0.5, 0.6) is 5.75 Å². The van der Waals surface area contributed by atoms with E-state index in [9.17, 15) is 13.2 Å². The number of hydrogen-bond acceptors (Lipinski definition) is 5. The maximum atomic E-state index is 12.8. The van der Waals surface area contributed by atoms with E-state index in [0.717, 1.165) is 12.8 Å². The molecule has 7 nitrogen and oxygen atoms in total. The molecule has 1 saturated heterocycles. The van der Waals surface area contributed by atoms with Gasteiger partial charge in [-0.1, -0.05) is 12.1 Å². The average Bonchev–Trinajstić information content (AvgIpc) is 2.60. The van der Waals surface area contributed by atoms with Crippen molar-refractivity contribution >= 4 is 16.1 Å². The summed E-state index contributed by atoms with van der Waals surface area (Å²) in [5.41, 5.74) is 0.124. The number of piperidine rings is 1. The van der Waals surface area contributed by atoms with Gasteiger partial charge in [0.05, 0.1) is 12.9 Å². The van der Waals surface area contributed by atoms with Gasteiger partial charge in [-0.05, 0) is 51.3 Å². The van der Waals surface area contributed by atoms with E-state index in [2.05, 4.69) is 0 Å². The monoisotopic (exact) mass is 398 g/mol. The fourth-order valence-electron chi connectivity index (χ4n) is 3.01. The zero-order chi connectivity index (χ0) is 20.2. The molecule has 1 aliphatic heterocycles. The van der Waals surface area contributed by atoms with Gasteiger partial charge in [0.2, 0.25) is 10.0 Å². The Kier molecular flexibility index (Phi) is 6.75. The Labute approximate surface area is 162 Å². The molecule has 8 heteroatoms. The molecular weight excluding hydrogens is 368 g/mol. The number of carbonyl (C=O) groups is 1. The number of likely N-dealkylation sites (N-methyl/N-ethyl adjacent to an activating group) is 1. The molecule has 1 aromatic carbocycles. The standard InChI is InChI=1S/C19H30N2O5S/c1-19(2,3)26-18(22)21-12-6-7-16(13-21)20(4)27(23,24)14-15-8-10-17(25-5)11-9-15/h8-11,16H,6-7,12-14H2,1-5H3/t16-/m1/s1. The molecule has 1 fully saturated rings. The number of benzene rings is 1. The molecule has 0 N–H and O–H groups in total. The van der Waals surface area contributed by atoms with Crippen LogP contribution in [0.4, 0.5) is 4.79 Å². The summed E-state index contributed by atoms with van der Waals surface area (Å²) in [6.07, 6.45) is 1.07. The van der Waals surface area contributed by atoms with Crippen molar-refractivity contribution in [3.63, 3.8) is 0 Å². The van der Waals surface area contributed by atoms with E-state index in [4.69, 9.17) is 9.47 Å². The van der Waals surface area contributed by atoms with E-state index in [0.29, 0.717) is 24.4 Å². The Hall–Kier alpha value is -1.80. The van der Waals surface area contributed by atoms with Gasteiger partial charge in [-0.2, -0.15) is 4.31 Å². The molecular formula is C19H30N2O5S. The molecule has 2 rings (SSSR count). The second kappa shape index (κ2) is 8.48. The van der Waals surface area contributed by atoms with Gasteiger partial charge in [0.15, 0.2) is 0 Å². The first-order chi connectivity index (χ1) is 12.5. The number of likely N-dealkylation sites (tertiary alicyclic amines) is 1. The third-order valence-corrected chi connectivity index (χ3v) is 6.38. The third-order valence-electron chi connectivity index (χ3n) is 4.51. The molecule has 1 amide bonds. The van der Waals surface area contributed by atoms with Gasteiger partial charge in [0.25, 0.3) is 0 Å². The molecule has 0 aromatic heterocycles. The maximum Gasteiger partial charge on any atom is 0.410 e. The van der Waals surface area contributed by atoms with Gasteiger partial charge in [-0.15, -0.1) is 0 Å². The van der Waals surface area contributed by atoms with E-state index in [1.165, 1.54) is 4.31 Å². The number of methoxy groups -OCH3 is 1. The van der Waals surface area contributed by atoms with Crippen molar-refractivity contribution in [3.8, 4) is 5.75 Å². The first kappa shape index (κ1) is 21.5. The van der Waals surface area contributed by atoms with Crippen LogP contribution < -0.4 is 4.74 Å². The molecule has 27 heavy (non-hydrogen) atoms. The normalized spacial score (nSPS) is 18.4. The van der Waals surface area contributed by atoms with E-state index in [1.54, 1.807) is 43.3 Å². The summed E-state index contributed by atoms with van der Waals surface area (Å²) >= 11 is 0.